The predicted molar refractivity (Wildman–Crippen MR) is 75.4 cm³/mol. The number of carbonyl (C=O) groups is 1. The van der Waals surface area contributed by atoms with Gasteiger partial charge in [-0.3, -0.25) is 4.79 Å². The predicted octanol–water partition coefficient (Wildman–Crippen LogP) is 3.14. The number of carboxylic acids is 1. The maximum absolute atomic E-state index is 11.0. The zero-order valence-corrected chi connectivity index (χ0v) is 10.7. The maximum atomic E-state index is 11.0. The van der Waals surface area contributed by atoms with E-state index in [2.05, 4.69) is 23.5 Å². The second-order valence-corrected chi connectivity index (χ2v) is 4.87. The molecule has 0 bridgehead atoms. The van der Waals surface area contributed by atoms with Crippen LogP contribution in [0.2, 0.25) is 0 Å². The van der Waals surface area contributed by atoms with E-state index in [0.29, 0.717) is 0 Å². The molecule has 1 aliphatic rings. The van der Waals surface area contributed by atoms with Crippen LogP contribution in [0.4, 0.5) is 5.69 Å². The van der Waals surface area contributed by atoms with Crippen molar-refractivity contribution in [2.75, 3.05) is 5.32 Å². The molecule has 0 amide bonds. The van der Waals surface area contributed by atoms with E-state index >= 15 is 0 Å². The number of anilines is 1. The number of nitrogens with one attached hydrogen (secondary N) is 1. The van der Waals surface area contributed by atoms with Gasteiger partial charge in [0.25, 0.3) is 0 Å². The third-order valence-corrected chi connectivity index (χ3v) is 3.59. The number of fused-ring (bicyclic) bond motifs is 3. The highest BCUT2D eigenvalue weighted by Crippen LogP contribution is 2.40. The molecule has 1 aliphatic carbocycles. The second kappa shape index (κ2) is 4.43. The molecule has 3 rings (SSSR count). The summed E-state index contributed by atoms with van der Waals surface area (Å²) in [6, 6.07) is 13.7. The van der Waals surface area contributed by atoms with E-state index in [1.807, 2.05) is 24.3 Å². The second-order valence-electron chi connectivity index (χ2n) is 4.87. The summed E-state index contributed by atoms with van der Waals surface area (Å²) >= 11 is 0. The van der Waals surface area contributed by atoms with Crippen LogP contribution < -0.4 is 5.32 Å². The molecule has 0 aliphatic heterocycles. The molecule has 2 aromatic carbocycles. The monoisotopic (exact) mass is 253 g/mol. The molecule has 96 valence electrons. The summed E-state index contributed by atoms with van der Waals surface area (Å²) in [5.74, 6) is -0.840. The Balaban J connectivity index is 2.01. The van der Waals surface area contributed by atoms with Crippen molar-refractivity contribution in [3.05, 3.63) is 53.6 Å². The third kappa shape index (κ3) is 1.97. The van der Waals surface area contributed by atoms with Gasteiger partial charge in [-0.05, 0) is 35.2 Å². The minimum absolute atomic E-state index is 0.588. The molecular formula is C16H15NO2. The summed E-state index contributed by atoms with van der Waals surface area (Å²) in [7, 11) is 0. The van der Waals surface area contributed by atoms with Crippen molar-refractivity contribution in [3.63, 3.8) is 0 Å². The summed E-state index contributed by atoms with van der Waals surface area (Å²) in [6.45, 7) is 1.66. The van der Waals surface area contributed by atoms with Crippen LogP contribution in [0.3, 0.4) is 0 Å². The van der Waals surface area contributed by atoms with Gasteiger partial charge in [0.2, 0.25) is 0 Å². The van der Waals surface area contributed by atoms with Crippen LogP contribution in [0.1, 0.15) is 18.1 Å². The van der Waals surface area contributed by atoms with Crippen LogP contribution in [0.25, 0.3) is 11.1 Å². The van der Waals surface area contributed by atoms with Crippen LogP contribution in [-0.4, -0.2) is 17.1 Å². The molecular weight excluding hydrogens is 238 g/mol. The van der Waals surface area contributed by atoms with Gasteiger partial charge >= 0.3 is 5.97 Å². The number of benzene rings is 2. The van der Waals surface area contributed by atoms with Gasteiger partial charge in [0.1, 0.15) is 6.04 Å². The van der Waals surface area contributed by atoms with Gasteiger partial charge < -0.3 is 10.4 Å². The van der Waals surface area contributed by atoms with Crippen LogP contribution in [0, 0.1) is 0 Å². The van der Waals surface area contributed by atoms with Crippen LogP contribution in [0.5, 0.6) is 0 Å². The van der Waals surface area contributed by atoms with Gasteiger partial charge in [0.15, 0.2) is 0 Å². The van der Waals surface area contributed by atoms with Crippen LogP contribution >= 0.6 is 0 Å². The van der Waals surface area contributed by atoms with E-state index in [0.717, 1.165) is 12.1 Å². The molecule has 0 saturated heterocycles. The smallest absolute Gasteiger partial charge is 0.325 e. The zero-order valence-electron chi connectivity index (χ0n) is 10.7. The van der Waals surface area contributed by atoms with Gasteiger partial charge in [-0.2, -0.15) is 0 Å². The number of hydrogen-bond donors (Lipinski definition) is 2. The van der Waals surface area contributed by atoms with E-state index < -0.39 is 12.0 Å². The lowest BCUT2D eigenvalue weighted by atomic mass is 10.0. The number of hydrogen-bond acceptors (Lipinski definition) is 2. The molecule has 3 heteroatoms. The van der Waals surface area contributed by atoms with E-state index in [9.17, 15) is 4.79 Å². The van der Waals surface area contributed by atoms with Gasteiger partial charge in [-0.25, -0.2) is 0 Å². The normalized spacial score (nSPS) is 13.5. The van der Waals surface area contributed by atoms with Crippen molar-refractivity contribution in [1.29, 1.82) is 0 Å². The Morgan fingerprint density at radius 3 is 2.68 bits per heavy atom. The van der Waals surface area contributed by atoms with Crippen molar-refractivity contribution < 1.29 is 9.90 Å². The topological polar surface area (TPSA) is 49.3 Å². The van der Waals surface area contributed by atoms with Crippen LogP contribution in [-0.2, 0) is 11.2 Å². The first-order valence-corrected chi connectivity index (χ1v) is 6.36. The molecule has 1 unspecified atom stereocenters. The molecule has 0 fully saturated rings. The Morgan fingerprint density at radius 2 is 1.89 bits per heavy atom. The van der Waals surface area contributed by atoms with Crippen molar-refractivity contribution in [2.45, 2.75) is 19.4 Å². The van der Waals surface area contributed by atoms with Crippen LogP contribution in [0.15, 0.2) is 42.5 Å². The van der Waals surface area contributed by atoms with Gasteiger partial charge in [0, 0.05) is 12.1 Å². The average Bonchev–Trinajstić information content (AvgIpc) is 2.78. The quantitative estimate of drug-likeness (QED) is 0.754. The lowest BCUT2D eigenvalue weighted by Crippen LogP contribution is -2.25. The summed E-state index contributed by atoms with van der Waals surface area (Å²) in [6.07, 6.45) is 0.862. The molecule has 2 aromatic rings. The Labute approximate surface area is 111 Å². The Kier molecular flexibility index (Phi) is 2.75. The fourth-order valence-corrected chi connectivity index (χ4v) is 2.59. The lowest BCUT2D eigenvalue weighted by molar-refractivity contribution is -0.137. The highest BCUT2D eigenvalue weighted by atomic mass is 16.4. The van der Waals surface area contributed by atoms with Gasteiger partial charge in [-0.1, -0.05) is 36.4 Å². The first kappa shape index (κ1) is 11.8. The van der Waals surface area contributed by atoms with Crippen molar-refractivity contribution in [3.8, 4) is 11.1 Å². The summed E-state index contributed by atoms with van der Waals surface area (Å²) in [5.41, 5.74) is 5.87. The third-order valence-electron chi connectivity index (χ3n) is 3.59. The van der Waals surface area contributed by atoms with E-state index in [1.165, 1.54) is 22.3 Å². The SMILES string of the molecule is CC(Nc1cccc2c1Cc1ccccc1-2)C(=O)O. The Hall–Kier alpha value is -2.29. The van der Waals surface area contributed by atoms with E-state index in [1.54, 1.807) is 6.92 Å². The van der Waals surface area contributed by atoms with Crippen molar-refractivity contribution >= 4 is 11.7 Å². The van der Waals surface area contributed by atoms with E-state index in [4.69, 9.17) is 5.11 Å². The van der Waals surface area contributed by atoms with E-state index in [-0.39, 0.29) is 0 Å². The largest absolute Gasteiger partial charge is 0.480 e. The highest BCUT2D eigenvalue weighted by Gasteiger charge is 2.21. The molecule has 2 N–H and O–H groups in total. The summed E-state index contributed by atoms with van der Waals surface area (Å²) < 4.78 is 0. The first-order chi connectivity index (χ1) is 9.16. The number of aliphatic carboxylic acids is 1. The minimum Gasteiger partial charge on any atom is -0.480 e. The molecule has 0 heterocycles. The molecule has 1 atom stereocenters. The standard InChI is InChI=1S/C16H15NO2/c1-10(16(18)19)17-15-8-4-7-13-12-6-3-2-5-11(12)9-14(13)15/h2-8,10,17H,9H2,1H3,(H,18,19). The fourth-order valence-electron chi connectivity index (χ4n) is 2.59. The van der Waals surface area contributed by atoms with Crippen molar-refractivity contribution in [1.82, 2.24) is 0 Å². The first-order valence-electron chi connectivity index (χ1n) is 6.36. The molecule has 3 nitrogen and oxygen atoms in total. The Morgan fingerprint density at radius 1 is 1.16 bits per heavy atom. The average molecular weight is 253 g/mol. The number of rotatable bonds is 3. The van der Waals surface area contributed by atoms with Crippen molar-refractivity contribution in [2.24, 2.45) is 0 Å². The molecule has 0 saturated carbocycles. The molecule has 0 spiro atoms. The Bertz CT molecular complexity index is 649. The zero-order chi connectivity index (χ0) is 13.4. The molecule has 0 radical (unpaired) electrons. The maximum Gasteiger partial charge on any atom is 0.325 e. The lowest BCUT2D eigenvalue weighted by Gasteiger charge is -2.14. The molecule has 0 aromatic heterocycles. The summed E-state index contributed by atoms with van der Waals surface area (Å²) in [4.78, 5) is 11.0. The van der Waals surface area contributed by atoms with Gasteiger partial charge in [0.05, 0.1) is 0 Å². The number of carboxylic acid groups (broad SMARTS) is 1. The molecule has 19 heavy (non-hydrogen) atoms. The highest BCUT2D eigenvalue weighted by molar-refractivity contribution is 5.84. The minimum atomic E-state index is -0.840. The fraction of sp³-hybridized carbons (Fsp3) is 0.188. The summed E-state index contributed by atoms with van der Waals surface area (Å²) in [5, 5.41) is 12.1. The van der Waals surface area contributed by atoms with Gasteiger partial charge in [-0.15, -0.1) is 0 Å².